The third-order valence-electron chi connectivity index (χ3n) is 2.30. The van der Waals surface area contributed by atoms with Crippen molar-refractivity contribution in [3.8, 4) is 0 Å². The van der Waals surface area contributed by atoms with Gasteiger partial charge in [0.15, 0.2) is 0 Å². The van der Waals surface area contributed by atoms with E-state index in [-0.39, 0.29) is 5.91 Å². The van der Waals surface area contributed by atoms with Crippen LogP contribution in [0.3, 0.4) is 0 Å². The predicted molar refractivity (Wildman–Crippen MR) is 51.0 cm³/mol. The number of nitrogens with zero attached hydrogens (tertiary/aromatic N) is 4. The van der Waals surface area contributed by atoms with Gasteiger partial charge in [-0.25, -0.2) is 0 Å². The lowest BCUT2D eigenvalue weighted by atomic mass is 10.00. The Balaban J connectivity index is 2.15. The van der Waals surface area contributed by atoms with Gasteiger partial charge >= 0.3 is 5.97 Å². The molecule has 1 rings (SSSR count). The van der Waals surface area contributed by atoms with E-state index in [0.717, 1.165) is 0 Å². The molecule has 82 valence electrons. The van der Waals surface area contributed by atoms with Crippen LogP contribution in [0.5, 0.6) is 0 Å². The molecular formula is C8H12N4O3. The normalized spacial score (nSPS) is 15.3. The van der Waals surface area contributed by atoms with Crippen LogP contribution < -0.4 is 0 Å². The molecule has 0 radical (unpaired) electrons. The first-order valence-electron chi connectivity index (χ1n) is 4.66. The molecule has 1 saturated heterocycles. The predicted octanol–water partition coefficient (Wildman–Crippen LogP) is 0.620. The first-order chi connectivity index (χ1) is 7.15. The Morgan fingerprint density at radius 3 is 2.73 bits per heavy atom. The largest absolute Gasteiger partial charge is 0.481 e. The van der Waals surface area contributed by atoms with Gasteiger partial charge in [0, 0.05) is 31.0 Å². The van der Waals surface area contributed by atoms with Gasteiger partial charge in [-0.05, 0) is 12.0 Å². The zero-order valence-electron chi connectivity index (χ0n) is 8.17. The number of azide groups is 1. The minimum Gasteiger partial charge on any atom is -0.481 e. The van der Waals surface area contributed by atoms with E-state index in [9.17, 15) is 9.59 Å². The fourth-order valence-electron chi connectivity index (χ4n) is 1.34. The molecule has 0 unspecified atom stereocenters. The summed E-state index contributed by atoms with van der Waals surface area (Å²) in [5.41, 5.74) is 7.99. The second-order valence-electron chi connectivity index (χ2n) is 3.39. The van der Waals surface area contributed by atoms with E-state index in [1.807, 2.05) is 0 Å². The van der Waals surface area contributed by atoms with Crippen LogP contribution in [0.25, 0.3) is 10.4 Å². The first kappa shape index (κ1) is 11.3. The molecule has 0 aromatic carbocycles. The highest BCUT2D eigenvalue weighted by molar-refractivity contribution is 5.80. The summed E-state index contributed by atoms with van der Waals surface area (Å²) in [5, 5.41) is 11.9. The van der Waals surface area contributed by atoms with Gasteiger partial charge in [-0.3, -0.25) is 9.59 Å². The van der Waals surface area contributed by atoms with Crippen molar-refractivity contribution in [1.82, 2.24) is 4.90 Å². The van der Waals surface area contributed by atoms with E-state index in [0.29, 0.717) is 32.5 Å². The van der Waals surface area contributed by atoms with Gasteiger partial charge in [-0.2, -0.15) is 0 Å². The van der Waals surface area contributed by atoms with Crippen molar-refractivity contribution in [2.75, 3.05) is 19.6 Å². The fraction of sp³-hybridized carbons (Fsp3) is 0.750. The highest BCUT2D eigenvalue weighted by Crippen LogP contribution is 2.16. The molecule has 0 aromatic heterocycles. The van der Waals surface area contributed by atoms with Gasteiger partial charge in [-0.15, -0.1) is 0 Å². The maximum atomic E-state index is 11.4. The van der Waals surface area contributed by atoms with E-state index in [1.54, 1.807) is 0 Å². The zero-order valence-corrected chi connectivity index (χ0v) is 8.17. The molecule has 7 heteroatoms. The molecule has 7 nitrogen and oxygen atoms in total. The van der Waals surface area contributed by atoms with Crippen molar-refractivity contribution in [2.24, 2.45) is 11.0 Å². The van der Waals surface area contributed by atoms with E-state index >= 15 is 0 Å². The Morgan fingerprint density at radius 2 is 2.20 bits per heavy atom. The van der Waals surface area contributed by atoms with Crippen LogP contribution in [0.15, 0.2) is 5.11 Å². The lowest BCUT2D eigenvalue weighted by Gasteiger charge is -2.36. The molecule has 0 aromatic rings. The van der Waals surface area contributed by atoms with Gasteiger partial charge in [-0.1, -0.05) is 5.11 Å². The van der Waals surface area contributed by atoms with E-state index in [1.165, 1.54) is 4.90 Å². The molecule has 0 saturated carbocycles. The summed E-state index contributed by atoms with van der Waals surface area (Å²) in [6.07, 6.45) is 0.822. The average Bonchev–Trinajstić information content (AvgIpc) is 2.09. The van der Waals surface area contributed by atoms with Crippen LogP contribution in [0.2, 0.25) is 0 Å². The second kappa shape index (κ2) is 5.21. The monoisotopic (exact) mass is 212 g/mol. The topological polar surface area (TPSA) is 106 Å². The molecule has 0 spiro atoms. The Bertz CT molecular complexity index is 305. The van der Waals surface area contributed by atoms with Gasteiger partial charge in [0.2, 0.25) is 5.91 Å². The van der Waals surface area contributed by atoms with Crippen LogP contribution in [0.1, 0.15) is 12.8 Å². The summed E-state index contributed by atoms with van der Waals surface area (Å²) in [6.45, 7) is 0.907. The third kappa shape index (κ3) is 3.14. The molecule has 0 atom stereocenters. The Labute approximate surface area is 86.3 Å². The molecule has 15 heavy (non-hydrogen) atoms. The summed E-state index contributed by atoms with van der Waals surface area (Å²) < 4.78 is 0. The number of hydrogen-bond acceptors (Lipinski definition) is 3. The lowest BCUT2D eigenvalue weighted by molar-refractivity contribution is -0.152. The van der Waals surface area contributed by atoms with E-state index in [4.69, 9.17) is 10.6 Å². The van der Waals surface area contributed by atoms with Crippen LogP contribution in [-0.4, -0.2) is 41.5 Å². The highest BCUT2D eigenvalue weighted by atomic mass is 16.4. The third-order valence-corrected chi connectivity index (χ3v) is 2.30. The minimum absolute atomic E-state index is 0.0689. The Kier molecular flexibility index (Phi) is 3.93. The van der Waals surface area contributed by atoms with Gasteiger partial charge in [0.05, 0.1) is 5.92 Å². The summed E-state index contributed by atoms with van der Waals surface area (Å²) in [4.78, 5) is 25.9. The van der Waals surface area contributed by atoms with Crippen LogP contribution in [0, 0.1) is 5.92 Å². The second-order valence-corrected chi connectivity index (χ2v) is 3.39. The summed E-state index contributed by atoms with van der Waals surface area (Å²) in [7, 11) is 0. The summed E-state index contributed by atoms with van der Waals surface area (Å²) in [5.74, 6) is -1.33. The Hall–Kier alpha value is -1.75. The fourth-order valence-corrected chi connectivity index (χ4v) is 1.34. The zero-order chi connectivity index (χ0) is 11.3. The number of carboxylic acid groups (broad SMARTS) is 1. The number of aliphatic carboxylic acids is 1. The Morgan fingerprint density at radius 1 is 1.53 bits per heavy atom. The average molecular weight is 212 g/mol. The highest BCUT2D eigenvalue weighted by Gasteiger charge is 2.34. The SMILES string of the molecule is [N-]=[N+]=NCCCC(=O)N1CC(C(=O)O)C1. The minimum atomic E-state index is -0.854. The van der Waals surface area contributed by atoms with Gasteiger partial charge in [0.25, 0.3) is 0 Å². The molecule has 0 aliphatic carbocycles. The number of carboxylic acids is 1. The smallest absolute Gasteiger partial charge is 0.310 e. The molecule has 1 N–H and O–H groups in total. The molecule has 1 heterocycles. The number of carbonyl (C=O) groups is 2. The van der Waals surface area contributed by atoms with Crippen molar-refractivity contribution in [3.05, 3.63) is 10.4 Å². The maximum Gasteiger partial charge on any atom is 0.310 e. The molecule has 0 bridgehead atoms. The molecule has 1 aliphatic heterocycles. The standard InChI is InChI=1S/C8H12N4O3/c9-11-10-3-1-2-7(13)12-4-6(5-12)8(14)15/h6H,1-5H2,(H,14,15). The van der Waals surface area contributed by atoms with Crippen molar-refractivity contribution in [1.29, 1.82) is 0 Å². The first-order valence-corrected chi connectivity index (χ1v) is 4.66. The van der Waals surface area contributed by atoms with Crippen molar-refractivity contribution >= 4 is 11.9 Å². The van der Waals surface area contributed by atoms with E-state index in [2.05, 4.69) is 10.0 Å². The quantitative estimate of drug-likeness (QED) is 0.312. The molecule has 1 aliphatic rings. The van der Waals surface area contributed by atoms with Gasteiger partial charge < -0.3 is 10.0 Å². The van der Waals surface area contributed by atoms with Crippen molar-refractivity contribution < 1.29 is 14.7 Å². The molecule has 1 amide bonds. The number of amides is 1. The van der Waals surface area contributed by atoms with Crippen LogP contribution >= 0.6 is 0 Å². The molecule has 1 fully saturated rings. The summed E-state index contributed by atoms with van der Waals surface area (Å²) in [6, 6.07) is 0. The number of carbonyl (C=O) groups excluding carboxylic acids is 1. The van der Waals surface area contributed by atoms with Crippen molar-refractivity contribution in [2.45, 2.75) is 12.8 Å². The maximum absolute atomic E-state index is 11.4. The number of hydrogen-bond donors (Lipinski definition) is 1. The molecular weight excluding hydrogens is 200 g/mol. The van der Waals surface area contributed by atoms with E-state index < -0.39 is 11.9 Å². The number of rotatable bonds is 5. The van der Waals surface area contributed by atoms with Crippen molar-refractivity contribution in [3.63, 3.8) is 0 Å². The van der Waals surface area contributed by atoms with Gasteiger partial charge in [0.1, 0.15) is 0 Å². The van der Waals surface area contributed by atoms with Crippen LogP contribution in [0.4, 0.5) is 0 Å². The lowest BCUT2D eigenvalue weighted by Crippen LogP contribution is -2.52. The number of likely N-dealkylation sites (tertiary alicyclic amines) is 1. The van der Waals surface area contributed by atoms with Crippen LogP contribution in [-0.2, 0) is 9.59 Å². The summed E-state index contributed by atoms with van der Waals surface area (Å²) >= 11 is 0.